The molecule has 0 saturated carbocycles. The van der Waals surface area contributed by atoms with Crippen molar-refractivity contribution in [2.45, 2.75) is 31.7 Å². The highest BCUT2D eigenvalue weighted by molar-refractivity contribution is 5.78. The lowest BCUT2D eigenvalue weighted by molar-refractivity contribution is -0.133. The zero-order chi connectivity index (χ0) is 22.3. The smallest absolute Gasteiger partial charge is 0.236 e. The number of oxazole rings is 1. The molecule has 0 aliphatic carbocycles. The average molecular weight is 435 g/mol. The van der Waals surface area contributed by atoms with Crippen molar-refractivity contribution in [3.63, 3.8) is 0 Å². The molecule has 1 saturated heterocycles. The molecule has 0 unspecified atom stereocenters. The Morgan fingerprint density at radius 1 is 1.22 bits per heavy atom. The van der Waals surface area contributed by atoms with Gasteiger partial charge >= 0.3 is 0 Å². The molecule has 1 amide bonds. The van der Waals surface area contributed by atoms with Crippen molar-refractivity contribution in [2.75, 3.05) is 33.8 Å². The van der Waals surface area contributed by atoms with E-state index in [-0.39, 0.29) is 11.8 Å². The molecule has 0 N–H and O–H groups in total. The Labute approximate surface area is 189 Å². The van der Waals surface area contributed by atoms with E-state index in [0.29, 0.717) is 26.1 Å². The first-order chi connectivity index (χ1) is 15.6. The Bertz CT molecular complexity index is 1000. The summed E-state index contributed by atoms with van der Waals surface area (Å²) in [6.07, 6.45) is 6.21. The zero-order valence-corrected chi connectivity index (χ0v) is 18.7. The van der Waals surface area contributed by atoms with E-state index in [2.05, 4.69) is 9.97 Å². The third-order valence-corrected chi connectivity index (χ3v) is 5.80. The molecule has 0 radical (unpaired) electrons. The number of amides is 1. The first-order valence-corrected chi connectivity index (χ1v) is 11.0. The second kappa shape index (κ2) is 10.4. The molecule has 2 aromatic heterocycles. The Morgan fingerprint density at radius 3 is 2.81 bits per heavy atom. The van der Waals surface area contributed by atoms with Crippen molar-refractivity contribution in [1.82, 2.24) is 19.8 Å². The molecular weight excluding hydrogens is 404 g/mol. The van der Waals surface area contributed by atoms with Gasteiger partial charge in [-0.25, -0.2) is 4.98 Å². The van der Waals surface area contributed by atoms with Gasteiger partial charge in [-0.1, -0.05) is 18.2 Å². The van der Waals surface area contributed by atoms with Crippen molar-refractivity contribution < 1.29 is 13.9 Å². The maximum atomic E-state index is 12.9. The summed E-state index contributed by atoms with van der Waals surface area (Å²) in [6.45, 7) is 2.46. The maximum Gasteiger partial charge on any atom is 0.236 e. The normalized spacial score (nSPS) is 16.3. The summed E-state index contributed by atoms with van der Waals surface area (Å²) in [6, 6.07) is 13.8. The van der Waals surface area contributed by atoms with Gasteiger partial charge in [0, 0.05) is 32.3 Å². The monoisotopic (exact) mass is 434 g/mol. The molecule has 3 heterocycles. The van der Waals surface area contributed by atoms with Gasteiger partial charge < -0.3 is 14.1 Å². The van der Waals surface area contributed by atoms with Crippen LogP contribution >= 0.6 is 0 Å². The Balaban J connectivity index is 1.31. The fraction of sp³-hybridized carbons (Fsp3) is 0.400. The van der Waals surface area contributed by atoms with Gasteiger partial charge in [-0.05, 0) is 49.7 Å². The molecule has 4 rings (SSSR count). The highest BCUT2D eigenvalue weighted by Crippen LogP contribution is 2.27. The van der Waals surface area contributed by atoms with E-state index in [1.165, 1.54) is 0 Å². The van der Waals surface area contributed by atoms with Crippen molar-refractivity contribution in [3.8, 4) is 5.75 Å². The number of likely N-dealkylation sites (N-methyl/N-ethyl adjacent to an activating group) is 1. The standard InChI is InChI=1S/C25H30N4O3/c1-28(17-21-7-3-4-12-26-21)18-24(30)29-13-5-6-20(16-29)25-27-15-23(32-25)14-19-8-10-22(31-2)11-9-19/h3-4,7-12,15,20H,5-6,13-14,16-18H2,1-2H3/t20-/m1/s1. The first kappa shape index (κ1) is 22.0. The molecule has 7 heteroatoms. The summed E-state index contributed by atoms with van der Waals surface area (Å²) in [5.74, 6) is 2.68. The van der Waals surface area contributed by atoms with Gasteiger partial charge in [0.05, 0.1) is 31.5 Å². The number of methoxy groups -OCH3 is 1. The van der Waals surface area contributed by atoms with Crippen LogP contribution in [-0.2, 0) is 17.8 Å². The molecule has 32 heavy (non-hydrogen) atoms. The first-order valence-electron chi connectivity index (χ1n) is 11.0. The van der Waals surface area contributed by atoms with E-state index >= 15 is 0 Å². The van der Waals surface area contributed by atoms with Crippen LogP contribution in [0.1, 0.15) is 41.7 Å². The lowest BCUT2D eigenvalue weighted by Gasteiger charge is -2.32. The highest BCUT2D eigenvalue weighted by atomic mass is 16.5. The number of ether oxygens (including phenoxy) is 1. The van der Waals surface area contributed by atoms with Gasteiger partial charge in [-0.15, -0.1) is 0 Å². The number of nitrogens with zero attached hydrogens (tertiary/aromatic N) is 4. The minimum atomic E-state index is 0.137. The summed E-state index contributed by atoms with van der Waals surface area (Å²) in [7, 11) is 3.61. The molecule has 0 bridgehead atoms. The number of hydrogen-bond donors (Lipinski definition) is 0. The number of carbonyl (C=O) groups is 1. The van der Waals surface area contributed by atoms with Gasteiger partial charge in [-0.3, -0.25) is 14.7 Å². The minimum Gasteiger partial charge on any atom is -0.497 e. The topological polar surface area (TPSA) is 71.7 Å². The molecule has 1 aromatic carbocycles. The number of carbonyl (C=O) groups excluding carboxylic acids is 1. The second-order valence-electron chi connectivity index (χ2n) is 8.36. The summed E-state index contributed by atoms with van der Waals surface area (Å²) < 4.78 is 11.3. The van der Waals surface area contributed by atoms with Crippen LogP contribution in [0.25, 0.3) is 0 Å². The average Bonchev–Trinajstić information content (AvgIpc) is 3.29. The van der Waals surface area contributed by atoms with Crippen molar-refractivity contribution in [2.24, 2.45) is 0 Å². The fourth-order valence-electron chi connectivity index (χ4n) is 4.10. The summed E-state index contributed by atoms with van der Waals surface area (Å²) >= 11 is 0. The Morgan fingerprint density at radius 2 is 2.06 bits per heavy atom. The minimum absolute atomic E-state index is 0.137. The van der Waals surface area contributed by atoms with Crippen molar-refractivity contribution in [1.29, 1.82) is 0 Å². The molecule has 3 aromatic rings. The van der Waals surface area contributed by atoms with E-state index in [1.54, 1.807) is 19.5 Å². The number of aromatic nitrogens is 2. The predicted molar refractivity (Wildman–Crippen MR) is 121 cm³/mol. The van der Waals surface area contributed by atoms with E-state index in [1.807, 2.05) is 59.3 Å². The van der Waals surface area contributed by atoms with Crippen LogP contribution in [0.4, 0.5) is 0 Å². The van der Waals surface area contributed by atoms with Gasteiger partial charge in [-0.2, -0.15) is 0 Å². The third-order valence-electron chi connectivity index (χ3n) is 5.80. The van der Waals surface area contributed by atoms with Gasteiger partial charge in [0.15, 0.2) is 5.89 Å². The van der Waals surface area contributed by atoms with E-state index < -0.39 is 0 Å². The van der Waals surface area contributed by atoms with Crippen molar-refractivity contribution in [3.05, 3.63) is 77.8 Å². The number of rotatable bonds is 8. The SMILES string of the molecule is COc1ccc(Cc2cnc([C@@H]3CCCN(C(=O)CN(C)Cc4ccccn4)C3)o2)cc1. The van der Waals surface area contributed by atoms with Crippen LogP contribution in [0.5, 0.6) is 5.75 Å². The molecule has 168 valence electrons. The molecule has 1 atom stereocenters. The molecular formula is C25H30N4O3. The Hall–Kier alpha value is -3.19. The number of piperidine rings is 1. The lowest BCUT2D eigenvalue weighted by atomic mass is 9.98. The Kier molecular flexibility index (Phi) is 7.17. The van der Waals surface area contributed by atoms with Crippen LogP contribution in [0.2, 0.25) is 0 Å². The van der Waals surface area contributed by atoms with Gasteiger partial charge in [0.1, 0.15) is 11.5 Å². The number of likely N-dealkylation sites (tertiary alicyclic amines) is 1. The highest BCUT2D eigenvalue weighted by Gasteiger charge is 2.28. The predicted octanol–water partition coefficient (Wildman–Crippen LogP) is 3.51. The maximum absolute atomic E-state index is 12.9. The van der Waals surface area contributed by atoms with E-state index in [4.69, 9.17) is 9.15 Å². The van der Waals surface area contributed by atoms with Crippen LogP contribution in [0.3, 0.4) is 0 Å². The number of pyridine rings is 1. The molecule has 1 fully saturated rings. The van der Waals surface area contributed by atoms with E-state index in [0.717, 1.165) is 48.0 Å². The van der Waals surface area contributed by atoms with E-state index in [9.17, 15) is 4.79 Å². The van der Waals surface area contributed by atoms with Gasteiger partial charge in [0.25, 0.3) is 0 Å². The number of hydrogen-bond acceptors (Lipinski definition) is 6. The quantitative estimate of drug-likeness (QED) is 0.540. The zero-order valence-electron chi connectivity index (χ0n) is 18.7. The van der Waals surface area contributed by atoms with Gasteiger partial charge in [0.2, 0.25) is 5.91 Å². The summed E-state index contributed by atoms with van der Waals surface area (Å²) in [5.41, 5.74) is 2.10. The number of benzene rings is 1. The molecule has 1 aliphatic heterocycles. The lowest BCUT2D eigenvalue weighted by Crippen LogP contribution is -2.43. The van der Waals surface area contributed by atoms with Crippen LogP contribution in [0, 0.1) is 0 Å². The van der Waals surface area contributed by atoms with Crippen LogP contribution in [0.15, 0.2) is 59.3 Å². The third kappa shape index (κ3) is 5.73. The van der Waals surface area contributed by atoms with Crippen molar-refractivity contribution >= 4 is 5.91 Å². The summed E-state index contributed by atoms with van der Waals surface area (Å²) in [4.78, 5) is 25.7. The fourth-order valence-corrected chi connectivity index (χ4v) is 4.10. The van der Waals surface area contributed by atoms with Crippen LogP contribution < -0.4 is 4.74 Å². The molecule has 1 aliphatic rings. The second-order valence-corrected chi connectivity index (χ2v) is 8.36. The van der Waals surface area contributed by atoms with Crippen LogP contribution in [-0.4, -0.2) is 59.5 Å². The molecule has 0 spiro atoms. The largest absolute Gasteiger partial charge is 0.497 e. The molecule has 7 nitrogen and oxygen atoms in total. The summed E-state index contributed by atoms with van der Waals surface area (Å²) in [5, 5.41) is 0.